The quantitative estimate of drug-likeness (QED) is 0.486. The average molecular weight is 525 g/mol. The number of morpholine rings is 1. The van der Waals surface area contributed by atoms with E-state index in [0.29, 0.717) is 21.3 Å². The second-order valence-corrected chi connectivity index (χ2v) is 8.40. The molecule has 1 fully saturated rings. The molecular weight excluding hydrogens is 499 g/mol. The van der Waals surface area contributed by atoms with E-state index in [9.17, 15) is 37.8 Å². The standard InChI is InChI=1S/C20H17F3N2O6.C4H9NO/c1-9-8-12(26)14(18(29)31-9)13(10-4-6-11(7-5-10)20(21,22)23)15-16(27)24(2)19(30)25(3)17(15)28;1-3-6-4-2-5-1/h4-8,13,26-27H,1-3H3;5H,1-4H2. The molecule has 3 aromatic rings. The Morgan fingerprint density at radius 3 is 2.08 bits per heavy atom. The van der Waals surface area contributed by atoms with Gasteiger partial charge in [-0.05, 0) is 30.5 Å². The van der Waals surface area contributed by atoms with Gasteiger partial charge in [0.1, 0.15) is 11.5 Å². The van der Waals surface area contributed by atoms with Gasteiger partial charge in [-0.2, -0.15) is 13.2 Å². The fourth-order valence-corrected chi connectivity index (χ4v) is 3.89. The molecule has 10 nitrogen and oxygen atoms in total. The molecule has 1 unspecified atom stereocenters. The molecule has 37 heavy (non-hydrogen) atoms. The molecule has 4 rings (SSSR count). The number of hydrogen-bond donors (Lipinski definition) is 2. The Balaban J connectivity index is 0.000000555. The Bertz CT molecular complexity index is 1430. The van der Waals surface area contributed by atoms with Gasteiger partial charge in [0.2, 0.25) is 0 Å². The zero-order valence-electron chi connectivity index (χ0n) is 20.3. The van der Waals surface area contributed by atoms with Crippen molar-refractivity contribution < 1.29 is 37.9 Å². The number of halogens is 3. The molecular formula is C24H26F3N3O7. The van der Waals surface area contributed by atoms with Crippen molar-refractivity contribution >= 4 is 0 Å². The summed E-state index contributed by atoms with van der Waals surface area (Å²) in [6.45, 7) is 5.57. The number of alkyl halides is 3. The number of aromatic hydroxyl groups is 1. The lowest BCUT2D eigenvalue weighted by atomic mass is 9.85. The highest BCUT2D eigenvalue weighted by molar-refractivity contribution is 5.49. The average Bonchev–Trinajstić information content (AvgIpc) is 2.86. The van der Waals surface area contributed by atoms with E-state index in [4.69, 9.17) is 9.15 Å². The summed E-state index contributed by atoms with van der Waals surface area (Å²) in [4.78, 5) is 37.4. The number of nitrogens with zero attached hydrogens (tertiary/aromatic N) is 2. The van der Waals surface area contributed by atoms with Crippen LogP contribution in [0.4, 0.5) is 13.2 Å². The third-order valence-corrected chi connectivity index (χ3v) is 5.81. The maximum absolute atomic E-state index is 13.0. The van der Waals surface area contributed by atoms with E-state index >= 15 is 0 Å². The predicted octanol–water partition coefficient (Wildman–Crippen LogP) is -0.0962. The maximum Gasteiger partial charge on any atom is 0.416 e. The van der Waals surface area contributed by atoms with E-state index < -0.39 is 57.3 Å². The molecule has 13 heteroatoms. The Labute approximate surface area is 208 Å². The van der Waals surface area contributed by atoms with Crippen LogP contribution >= 0.6 is 0 Å². The van der Waals surface area contributed by atoms with E-state index in [1.54, 1.807) is 0 Å². The van der Waals surface area contributed by atoms with Crippen LogP contribution < -0.4 is 27.3 Å². The van der Waals surface area contributed by atoms with Crippen molar-refractivity contribution in [2.24, 2.45) is 14.1 Å². The third-order valence-electron chi connectivity index (χ3n) is 5.81. The Hall–Kier alpha value is -3.84. The van der Waals surface area contributed by atoms with Gasteiger partial charge in [-0.25, -0.2) is 9.59 Å². The predicted molar refractivity (Wildman–Crippen MR) is 123 cm³/mol. The molecule has 1 atom stereocenters. The Morgan fingerprint density at radius 1 is 1.03 bits per heavy atom. The zero-order chi connectivity index (χ0) is 27.5. The number of benzene rings is 1. The van der Waals surface area contributed by atoms with Crippen LogP contribution in [0, 0.1) is 6.92 Å². The van der Waals surface area contributed by atoms with Gasteiger partial charge in [-0.1, -0.05) is 12.1 Å². The largest absolute Gasteiger partial charge is 0.860 e. The monoisotopic (exact) mass is 525 g/mol. The van der Waals surface area contributed by atoms with Crippen LogP contribution in [0.25, 0.3) is 0 Å². The minimum atomic E-state index is -4.64. The molecule has 1 aliphatic rings. The van der Waals surface area contributed by atoms with E-state index in [1.165, 1.54) is 6.92 Å². The van der Waals surface area contributed by atoms with Crippen molar-refractivity contribution in [1.29, 1.82) is 0 Å². The molecule has 0 amide bonds. The van der Waals surface area contributed by atoms with Crippen molar-refractivity contribution in [3.8, 4) is 11.6 Å². The lowest BCUT2D eigenvalue weighted by Gasteiger charge is -2.25. The highest BCUT2D eigenvalue weighted by Gasteiger charge is 2.33. The van der Waals surface area contributed by atoms with Crippen molar-refractivity contribution in [1.82, 2.24) is 9.13 Å². The zero-order valence-corrected chi connectivity index (χ0v) is 20.3. The fraction of sp³-hybridized carbons (Fsp3) is 0.375. The summed E-state index contributed by atoms with van der Waals surface area (Å²) in [5.74, 6) is -3.23. The number of aromatic nitrogens is 2. The normalized spacial score (nSPS) is 14.5. The minimum absolute atomic E-state index is 0.0353. The smallest absolute Gasteiger partial charge is 0.416 e. The number of rotatable bonds is 3. The van der Waals surface area contributed by atoms with E-state index in [0.717, 1.165) is 58.6 Å². The molecule has 0 saturated carbocycles. The van der Waals surface area contributed by atoms with Gasteiger partial charge < -0.3 is 29.3 Å². The summed E-state index contributed by atoms with van der Waals surface area (Å²) in [6.07, 6.45) is -4.64. The van der Waals surface area contributed by atoms with Crippen LogP contribution in [0.3, 0.4) is 0 Å². The first-order valence-corrected chi connectivity index (χ1v) is 11.2. The van der Waals surface area contributed by atoms with Crippen molar-refractivity contribution in [2.75, 3.05) is 26.3 Å². The fourth-order valence-electron chi connectivity index (χ4n) is 3.89. The molecule has 3 N–H and O–H groups in total. The molecule has 0 radical (unpaired) electrons. The van der Waals surface area contributed by atoms with Gasteiger partial charge in [0, 0.05) is 25.7 Å². The van der Waals surface area contributed by atoms with Gasteiger partial charge in [0.15, 0.2) is 0 Å². The molecule has 0 bridgehead atoms. The molecule has 200 valence electrons. The van der Waals surface area contributed by atoms with E-state index in [1.807, 2.05) is 0 Å². The molecule has 1 saturated heterocycles. The van der Waals surface area contributed by atoms with Gasteiger partial charge >= 0.3 is 17.5 Å². The summed E-state index contributed by atoms with van der Waals surface area (Å²) < 4.78 is 50.2. The van der Waals surface area contributed by atoms with E-state index in [2.05, 4.69) is 5.32 Å². The number of ether oxygens (including phenoxy) is 1. The molecule has 0 aliphatic carbocycles. The van der Waals surface area contributed by atoms with Crippen molar-refractivity contribution in [2.45, 2.75) is 19.0 Å². The number of aryl methyl sites for hydroxylation is 1. The van der Waals surface area contributed by atoms with Crippen molar-refractivity contribution in [3.05, 3.63) is 89.6 Å². The lowest BCUT2D eigenvalue weighted by molar-refractivity contribution is -0.670. The third kappa shape index (κ3) is 5.94. The van der Waals surface area contributed by atoms with Crippen LogP contribution in [0.15, 0.2) is 49.1 Å². The molecule has 3 heterocycles. The van der Waals surface area contributed by atoms with Crippen LogP contribution in [-0.2, 0) is 25.0 Å². The first-order chi connectivity index (χ1) is 17.3. The Morgan fingerprint density at radius 2 is 1.62 bits per heavy atom. The minimum Gasteiger partial charge on any atom is -0.860 e. The first-order valence-electron chi connectivity index (χ1n) is 11.2. The summed E-state index contributed by atoms with van der Waals surface area (Å²) in [6, 6.07) is 4.47. The topological polar surface area (TPSA) is 143 Å². The lowest BCUT2D eigenvalue weighted by Crippen LogP contribution is -2.87. The van der Waals surface area contributed by atoms with Crippen LogP contribution in [-0.4, -0.2) is 40.5 Å². The first kappa shape index (κ1) is 27.7. The second kappa shape index (κ2) is 11.0. The summed E-state index contributed by atoms with van der Waals surface area (Å²) >= 11 is 0. The second-order valence-electron chi connectivity index (χ2n) is 8.40. The van der Waals surface area contributed by atoms with Gasteiger partial charge in [-0.3, -0.25) is 9.36 Å². The van der Waals surface area contributed by atoms with Crippen LogP contribution in [0.1, 0.15) is 33.9 Å². The summed E-state index contributed by atoms with van der Waals surface area (Å²) in [7, 11) is 2.21. The van der Waals surface area contributed by atoms with Gasteiger partial charge in [0.05, 0.1) is 43.3 Å². The van der Waals surface area contributed by atoms with Gasteiger partial charge in [0.25, 0.3) is 5.56 Å². The van der Waals surface area contributed by atoms with Crippen LogP contribution in [0.2, 0.25) is 0 Å². The van der Waals surface area contributed by atoms with Crippen molar-refractivity contribution in [3.63, 3.8) is 0 Å². The highest BCUT2D eigenvalue weighted by atomic mass is 19.4. The molecule has 1 aromatic carbocycles. The summed E-state index contributed by atoms with van der Waals surface area (Å²) in [5, 5.41) is 25.5. The number of hydrogen-bond acceptors (Lipinski definition) is 7. The maximum atomic E-state index is 13.0. The van der Waals surface area contributed by atoms with Gasteiger partial charge in [-0.15, -0.1) is 0 Å². The molecule has 1 aliphatic heterocycles. The van der Waals surface area contributed by atoms with Crippen LogP contribution in [0.5, 0.6) is 11.6 Å². The number of nitrogens with two attached hydrogens (primary N) is 1. The van der Waals surface area contributed by atoms with E-state index in [-0.39, 0.29) is 11.3 Å². The summed E-state index contributed by atoms with van der Waals surface area (Å²) in [5.41, 5.74) is -5.24. The Kier molecular flexibility index (Phi) is 8.28. The molecule has 2 aromatic heterocycles. The highest BCUT2D eigenvalue weighted by Crippen LogP contribution is 2.37. The number of quaternary nitrogens is 1. The SMILES string of the molecule is C1COCC[NH2+]1.Cc1cc(O)c(C(c2ccc(C(F)(F)F)cc2)c2c([O-])n(C)c(=O)n(C)c2=O)c(=O)o1. The molecule has 0 spiro atoms.